The molecule has 0 spiro atoms. The van der Waals surface area contributed by atoms with Crippen molar-refractivity contribution in [2.24, 2.45) is 0 Å². The Morgan fingerprint density at radius 1 is 0.897 bits per heavy atom. The summed E-state index contributed by atoms with van der Waals surface area (Å²) in [4.78, 5) is 33.8. The molecule has 7 heteroatoms. The summed E-state index contributed by atoms with van der Waals surface area (Å²) in [5, 5.41) is 3.21. The zero-order valence-electron chi connectivity index (χ0n) is 17.6. The maximum atomic E-state index is 12.8. The second kappa shape index (κ2) is 9.18. The zero-order valence-corrected chi connectivity index (χ0v) is 17.6. The van der Waals surface area contributed by atoms with Crippen molar-refractivity contribution in [3.63, 3.8) is 0 Å². The van der Waals surface area contributed by atoms with Gasteiger partial charge in [-0.2, -0.15) is 0 Å². The Kier molecular flexibility index (Phi) is 6.40. The van der Waals surface area contributed by atoms with Crippen LogP contribution in [0.3, 0.4) is 0 Å². The molecular formula is C22H34N4O3. The molecule has 3 aliphatic rings. The van der Waals surface area contributed by atoms with Crippen LogP contribution < -0.4 is 5.32 Å². The number of nitrogens with zero attached hydrogens (tertiary/aromatic N) is 3. The molecule has 1 aromatic rings. The lowest BCUT2D eigenvalue weighted by Crippen LogP contribution is -2.48. The number of oxazole rings is 1. The number of hydrogen-bond acceptors (Lipinski definition) is 4. The van der Waals surface area contributed by atoms with Crippen molar-refractivity contribution in [2.75, 3.05) is 26.2 Å². The average molecular weight is 403 g/mol. The summed E-state index contributed by atoms with van der Waals surface area (Å²) in [6.07, 6.45) is 10.9. The Bertz CT molecular complexity index is 712. The van der Waals surface area contributed by atoms with E-state index in [9.17, 15) is 9.59 Å². The van der Waals surface area contributed by atoms with Gasteiger partial charge in [0.05, 0.1) is 0 Å². The molecule has 29 heavy (non-hydrogen) atoms. The average Bonchev–Trinajstić information content (AvgIpc) is 3.16. The lowest BCUT2D eigenvalue weighted by molar-refractivity contribution is 0.0717. The number of likely N-dealkylation sites (tertiary alicyclic amines) is 2. The van der Waals surface area contributed by atoms with Gasteiger partial charge >= 0.3 is 6.03 Å². The van der Waals surface area contributed by atoms with Crippen molar-refractivity contribution >= 4 is 11.9 Å². The maximum Gasteiger partial charge on any atom is 0.317 e. The Morgan fingerprint density at radius 3 is 2.24 bits per heavy atom. The topological polar surface area (TPSA) is 78.7 Å². The molecule has 4 rings (SSSR count). The lowest BCUT2D eigenvalue weighted by atomic mass is 9.95. The molecule has 0 aromatic carbocycles. The Morgan fingerprint density at radius 2 is 1.55 bits per heavy atom. The highest BCUT2D eigenvalue weighted by molar-refractivity contribution is 5.93. The van der Waals surface area contributed by atoms with E-state index >= 15 is 0 Å². The van der Waals surface area contributed by atoms with E-state index in [0.29, 0.717) is 36.5 Å². The fourth-order valence-electron chi connectivity index (χ4n) is 4.88. The molecule has 3 amide bonds. The van der Waals surface area contributed by atoms with Gasteiger partial charge in [-0.25, -0.2) is 9.78 Å². The molecule has 1 saturated carbocycles. The molecule has 2 saturated heterocycles. The minimum atomic E-state index is 0.00138. The molecule has 1 aliphatic carbocycles. The summed E-state index contributed by atoms with van der Waals surface area (Å²) in [5.41, 5.74) is 0.472. The van der Waals surface area contributed by atoms with Gasteiger partial charge in [-0.05, 0) is 51.9 Å². The molecule has 2 aliphatic heterocycles. The third-order valence-corrected chi connectivity index (χ3v) is 6.72. The van der Waals surface area contributed by atoms with E-state index in [4.69, 9.17) is 4.42 Å². The third kappa shape index (κ3) is 4.75. The first-order chi connectivity index (χ1) is 14.1. The van der Waals surface area contributed by atoms with Crippen LogP contribution in [-0.4, -0.2) is 58.9 Å². The molecule has 7 nitrogen and oxygen atoms in total. The first kappa shape index (κ1) is 20.2. The summed E-state index contributed by atoms with van der Waals surface area (Å²) in [7, 11) is 0. The Labute approximate surface area is 173 Å². The number of aromatic nitrogens is 1. The van der Waals surface area contributed by atoms with Gasteiger partial charge in [-0.3, -0.25) is 4.79 Å². The monoisotopic (exact) mass is 402 g/mol. The number of nitrogens with one attached hydrogen (secondary N) is 1. The van der Waals surface area contributed by atoms with Crippen molar-refractivity contribution in [3.8, 4) is 0 Å². The minimum Gasteiger partial charge on any atom is -0.445 e. The number of urea groups is 1. The molecule has 0 radical (unpaired) electrons. The summed E-state index contributed by atoms with van der Waals surface area (Å²) >= 11 is 0. The summed E-state index contributed by atoms with van der Waals surface area (Å²) in [5.74, 6) is 1.46. The Hall–Kier alpha value is -2.05. The highest BCUT2D eigenvalue weighted by atomic mass is 16.4. The van der Waals surface area contributed by atoms with Gasteiger partial charge in [-0.15, -0.1) is 0 Å². The van der Waals surface area contributed by atoms with E-state index in [-0.39, 0.29) is 17.9 Å². The number of piperidine rings is 2. The van der Waals surface area contributed by atoms with Crippen LogP contribution in [-0.2, 0) is 0 Å². The van der Waals surface area contributed by atoms with Gasteiger partial charge in [-0.1, -0.05) is 19.3 Å². The van der Waals surface area contributed by atoms with Crippen molar-refractivity contribution < 1.29 is 14.0 Å². The van der Waals surface area contributed by atoms with Crippen LogP contribution in [0.25, 0.3) is 0 Å². The SMILES string of the molecule is Cc1oc(C2CCN(C(=O)NC3CCCCC3)CC2)nc1C(=O)N1CCCCC1. The molecule has 1 aromatic heterocycles. The number of carbonyl (C=O) groups is 2. The molecule has 0 unspecified atom stereocenters. The number of amides is 3. The predicted octanol–water partition coefficient (Wildman–Crippen LogP) is 3.83. The third-order valence-electron chi connectivity index (χ3n) is 6.72. The van der Waals surface area contributed by atoms with E-state index in [1.165, 1.54) is 25.7 Å². The second-order valence-corrected chi connectivity index (χ2v) is 8.86. The largest absolute Gasteiger partial charge is 0.445 e. The van der Waals surface area contributed by atoms with E-state index in [2.05, 4.69) is 10.3 Å². The van der Waals surface area contributed by atoms with E-state index < -0.39 is 0 Å². The first-order valence-electron chi connectivity index (χ1n) is 11.4. The molecule has 3 heterocycles. The van der Waals surface area contributed by atoms with E-state index in [0.717, 1.165) is 51.6 Å². The van der Waals surface area contributed by atoms with Crippen LogP contribution in [0.4, 0.5) is 4.79 Å². The van der Waals surface area contributed by atoms with Crippen molar-refractivity contribution in [1.29, 1.82) is 0 Å². The Balaban J connectivity index is 1.31. The van der Waals surface area contributed by atoms with Crippen molar-refractivity contribution in [2.45, 2.75) is 83.1 Å². The standard InChI is InChI=1S/C22H34N4O3/c1-16-19(21(27)25-12-6-3-7-13-25)24-20(29-16)17-10-14-26(15-11-17)22(28)23-18-8-4-2-5-9-18/h17-18H,2-15H2,1H3,(H,23,28). The highest BCUT2D eigenvalue weighted by Gasteiger charge is 2.31. The summed E-state index contributed by atoms with van der Waals surface area (Å²) in [6.45, 7) is 4.88. The molecule has 0 bridgehead atoms. The molecular weight excluding hydrogens is 368 g/mol. The van der Waals surface area contributed by atoms with Crippen LogP contribution in [0.5, 0.6) is 0 Å². The van der Waals surface area contributed by atoms with Crippen LogP contribution in [0, 0.1) is 6.92 Å². The number of rotatable bonds is 3. The smallest absolute Gasteiger partial charge is 0.317 e. The van der Waals surface area contributed by atoms with Crippen molar-refractivity contribution in [1.82, 2.24) is 20.1 Å². The van der Waals surface area contributed by atoms with Crippen molar-refractivity contribution in [3.05, 3.63) is 17.3 Å². The summed E-state index contributed by atoms with van der Waals surface area (Å²) in [6, 6.07) is 0.409. The van der Waals surface area contributed by atoms with Gasteiger partial charge in [0.25, 0.3) is 5.91 Å². The van der Waals surface area contributed by atoms with Crippen LogP contribution in [0.2, 0.25) is 0 Å². The molecule has 3 fully saturated rings. The van der Waals surface area contributed by atoms with Gasteiger partial charge in [0.2, 0.25) is 0 Å². The number of aryl methyl sites for hydroxylation is 1. The fourth-order valence-corrected chi connectivity index (χ4v) is 4.88. The van der Waals surface area contributed by atoms with Gasteiger partial charge < -0.3 is 19.5 Å². The van der Waals surface area contributed by atoms with Crippen LogP contribution in [0.1, 0.15) is 92.3 Å². The fraction of sp³-hybridized carbons (Fsp3) is 0.773. The maximum absolute atomic E-state index is 12.8. The minimum absolute atomic E-state index is 0.00138. The number of carbonyl (C=O) groups excluding carboxylic acids is 2. The van der Waals surface area contributed by atoms with E-state index in [1.54, 1.807) is 0 Å². The predicted molar refractivity (Wildman–Crippen MR) is 110 cm³/mol. The highest BCUT2D eigenvalue weighted by Crippen LogP contribution is 2.30. The van der Waals surface area contributed by atoms with E-state index in [1.807, 2.05) is 16.7 Å². The second-order valence-electron chi connectivity index (χ2n) is 8.86. The zero-order chi connectivity index (χ0) is 20.2. The van der Waals surface area contributed by atoms with Crippen LogP contribution >= 0.6 is 0 Å². The van der Waals surface area contributed by atoms with Gasteiger partial charge in [0.15, 0.2) is 11.6 Å². The summed E-state index contributed by atoms with van der Waals surface area (Å²) < 4.78 is 5.91. The lowest BCUT2D eigenvalue weighted by Gasteiger charge is -2.33. The van der Waals surface area contributed by atoms with Gasteiger partial charge in [0, 0.05) is 38.1 Å². The number of hydrogen-bond donors (Lipinski definition) is 1. The normalized spacial score (nSPS) is 22.0. The first-order valence-corrected chi connectivity index (χ1v) is 11.4. The molecule has 1 N–H and O–H groups in total. The molecule has 160 valence electrons. The van der Waals surface area contributed by atoms with Crippen LogP contribution in [0.15, 0.2) is 4.42 Å². The quantitative estimate of drug-likeness (QED) is 0.833. The van der Waals surface area contributed by atoms with Gasteiger partial charge in [0.1, 0.15) is 5.76 Å². The molecule has 0 atom stereocenters.